The van der Waals surface area contributed by atoms with Crippen LogP contribution in [0, 0.1) is 5.82 Å². The molecule has 20 heavy (non-hydrogen) atoms. The van der Waals surface area contributed by atoms with Crippen LogP contribution in [0.25, 0.3) is 0 Å². The number of halogens is 1. The average Bonchev–Trinajstić information content (AvgIpc) is 2.31. The zero-order chi connectivity index (χ0) is 15.5. The largest absolute Gasteiger partial charge is 0.396 e. The predicted octanol–water partition coefficient (Wildman–Crippen LogP) is 1.37. The molecule has 0 radical (unpaired) electrons. The van der Waals surface area contributed by atoms with Crippen LogP contribution < -0.4 is 5.73 Å². The van der Waals surface area contributed by atoms with Crippen LogP contribution in [-0.4, -0.2) is 50.8 Å². The van der Waals surface area contributed by atoms with Crippen LogP contribution in [0.4, 0.5) is 10.1 Å². The molecule has 0 bridgehead atoms. The number of hydrogen-bond donors (Lipinski definition) is 1. The molecule has 0 aromatic heterocycles. The monoisotopic (exact) mass is 303 g/mol. The topological polar surface area (TPSA) is 66.6 Å². The van der Waals surface area contributed by atoms with Gasteiger partial charge in [-0.3, -0.25) is 0 Å². The van der Waals surface area contributed by atoms with Crippen LogP contribution in [0.1, 0.15) is 13.8 Å². The van der Waals surface area contributed by atoms with Crippen molar-refractivity contribution < 1.29 is 12.8 Å². The molecular weight excluding hydrogens is 281 g/mol. The summed E-state index contributed by atoms with van der Waals surface area (Å²) in [4.78, 5) is 1.84. The van der Waals surface area contributed by atoms with E-state index in [0.29, 0.717) is 13.1 Å². The Hall–Kier alpha value is -1.18. The van der Waals surface area contributed by atoms with Gasteiger partial charge >= 0.3 is 0 Å². The van der Waals surface area contributed by atoms with E-state index in [1.54, 1.807) is 6.92 Å². The summed E-state index contributed by atoms with van der Waals surface area (Å²) >= 11 is 0. The van der Waals surface area contributed by atoms with Gasteiger partial charge in [-0.2, -0.15) is 4.31 Å². The third-order valence-corrected chi connectivity index (χ3v) is 5.10. The van der Waals surface area contributed by atoms with Crippen LogP contribution in [0.3, 0.4) is 0 Å². The zero-order valence-electron chi connectivity index (χ0n) is 12.3. The summed E-state index contributed by atoms with van der Waals surface area (Å²) in [7, 11) is 0.0255. The number of nitrogens with zero attached hydrogens (tertiary/aromatic N) is 2. The van der Waals surface area contributed by atoms with E-state index >= 15 is 0 Å². The molecule has 0 amide bonds. The normalized spacial score (nSPS) is 13.9. The molecule has 0 heterocycles. The first-order valence-corrected chi connectivity index (χ1v) is 7.85. The highest BCUT2D eigenvalue weighted by Crippen LogP contribution is 2.21. The van der Waals surface area contributed by atoms with Crippen LogP contribution in [0.15, 0.2) is 23.1 Å². The SMILES string of the molecule is CCN(C(C)CN(C)C)S(=O)(=O)c1ccc(N)c(F)c1. The second kappa shape index (κ2) is 6.51. The van der Waals surface area contributed by atoms with Gasteiger partial charge in [0.05, 0.1) is 10.6 Å². The van der Waals surface area contributed by atoms with Crippen molar-refractivity contribution >= 4 is 15.7 Å². The van der Waals surface area contributed by atoms with Crippen molar-refractivity contribution in [3.05, 3.63) is 24.0 Å². The minimum Gasteiger partial charge on any atom is -0.396 e. The molecule has 0 fully saturated rings. The molecule has 1 aromatic rings. The Morgan fingerprint density at radius 3 is 2.40 bits per heavy atom. The highest BCUT2D eigenvalue weighted by molar-refractivity contribution is 7.89. The second-order valence-electron chi connectivity index (χ2n) is 5.00. The van der Waals surface area contributed by atoms with Crippen molar-refractivity contribution in [3.8, 4) is 0 Å². The molecule has 0 spiro atoms. The van der Waals surface area contributed by atoms with Gasteiger partial charge in [-0.05, 0) is 39.2 Å². The first-order valence-electron chi connectivity index (χ1n) is 6.41. The van der Waals surface area contributed by atoms with Gasteiger partial charge in [0.2, 0.25) is 10.0 Å². The minimum atomic E-state index is -3.72. The molecule has 7 heteroatoms. The van der Waals surface area contributed by atoms with Gasteiger partial charge in [0, 0.05) is 19.1 Å². The number of benzene rings is 1. The molecule has 0 aliphatic carbocycles. The number of likely N-dealkylation sites (N-methyl/N-ethyl adjacent to an activating group) is 2. The lowest BCUT2D eigenvalue weighted by atomic mass is 10.3. The van der Waals surface area contributed by atoms with Crippen molar-refractivity contribution in [1.82, 2.24) is 9.21 Å². The van der Waals surface area contributed by atoms with E-state index in [2.05, 4.69) is 0 Å². The number of sulfonamides is 1. The van der Waals surface area contributed by atoms with Crippen LogP contribution in [-0.2, 0) is 10.0 Å². The van der Waals surface area contributed by atoms with E-state index in [1.807, 2.05) is 25.9 Å². The number of anilines is 1. The van der Waals surface area contributed by atoms with Crippen molar-refractivity contribution in [3.63, 3.8) is 0 Å². The van der Waals surface area contributed by atoms with Crippen LogP contribution >= 0.6 is 0 Å². The molecule has 1 atom stereocenters. The number of hydrogen-bond acceptors (Lipinski definition) is 4. The second-order valence-corrected chi connectivity index (χ2v) is 6.89. The maximum Gasteiger partial charge on any atom is 0.243 e. The Morgan fingerprint density at radius 2 is 1.95 bits per heavy atom. The maximum atomic E-state index is 13.5. The summed E-state index contributed by atoms with van der Waals surface area (Å²) in [5.41, 5.74) is 5.31. The summed E-state index contributed by atoms with van der Waals surface area (Å²) in [6, 6.07) is 3.36. The quantitative estimate of drug-likeness (QED) is 0.806. The Bertz CT molecular complexity index is 561. The fraction of sp³-hybridized carbons (Fsp3) is 0.538. The molecule has 0 aliphatic heterocycles. The van der Waals surface area contributed by atoms with E-state index in [1.165, 1.54) is 16.4 Å². The van der Waals surface area contributed by atoms with E-state index in [4.69, 9.17) is 5.73 Å². The van der Waals surface area contributed by atoms with Crippen LogP contribution in [0.5, 0.6) is 0 Å². The summed E-state index contributed by atoms with van der Waals surface area (Å²) in [6.07, 6.45) is 0. The third-order valence-electron chi connectivity index (χ3n) is 3.01. The Balaban J connectivity index is 3.14. The van der Waals surface area contributed by atoms with Gasteiger partial charge in [-0.1, -0.05) is 6.92 Å². The molecule has 1 rings (SSSR count). The fourth-order valence-corrected chi connectivity index (χ4v) is 3.79. The van der Waals surface area contributed by atoms with Crippen molar-refractivity contribution in [2.24, 2.45) is 0 Å². The highest BCUT2D eigenvalue weighted by Gasteiger charge is 2.28. The molecule has 2 N–H and O–H groups in total. The van der Waals surface area contributed by atoms with Gasteiger partial charge in [0.15, 0.2) is 0 Å². The fourth-order valence-electron chi connectivity index (χ4n) is 2.14. The van der Waals surface area contributed by atoms with Gasteiger partial charge < -0.3 is 10.6 Å². The Morgan fingerprint density at radius 1 is 1.35 bits per heavy atom. The van der Waals surface area contributed by atoms with Crippen molar-refractivity contribution in [2.75, 3.05) is 32.9 Å². The van der Waals surface area contributed by atoms with Gasteiger partial charge in [-0.15, -0.1) is 0 Å². The highest BCUT2D eigenvalue weighted by atomic mass is 32.2. The van der Waals surface area contributed by atoms with Crippen molar-refractivity contribution in [2.45, 2.75) is 24.8 Å². The first-order chi connectivity index (χ1) is 9.20. The molecule has 114 valence electrons. The smallest absolute Gasteiger partial charge is 0.243 e. The lowest BCUT2D eigenvalue weighted by Crippen LogP contribution is -2.43. The summed E-state index contributed by atoms with van der Waals surface area (Å²) in [5, 5.41) is 0. The lowest BCUT2D eigenvalue weighted by Gasteiger charge is -2.29. The molecule has 1 aromatic carbocycles. The van der Waals surface area contributed by atoms with Gasteiger partial charge in [-0.25, -0.2) is 12.8 Å². The Labute approximate surface area is 120 Å². The van der Waals surface area contributed by atoms with Crippen molar-refractivity contribution in [1.29, 1.82) is 0 Å². The molecule has 0 aliphatic rings. The van der Waals surface area contributed by atoms with E-state index < -0.39 is 15.8 Å². The number of nitrogen functional groups attached to an aromatic ring is 1. The Kier molecular flexibility index (Phi) is 5.50. The molecule has 5 nitrogen and oxygen atoms in total. The average molecular weight is 303 g/mol. The standard InChI is InChI=1S/C13H22FN3O2S/c1-5-17(10(2)9-16(3)4)20(18,19)11-6-7-13(15)12(14)8-11/h6-8,10H,5,9,15H2,1-4H3. The van der Waals surface area contributed by atoms with Crippen LogP contribution in [0.2, 0.25) is 0 Å². The zero-order valence-corrected chi connectivity index (χ0v) is 13.1. The predicted molar refractivity (Wildman–Crippen MR) is 78.4 cm³/mol. The molecular formula is C13H22FN3O2S. The molecule has 1 unspecified atom stereocenters. The number of rotatable bonds is 6. The molecule has 0 saturated heterocycles. The van der Waals surface area contributed by atoms with Gasteiger partial charge in [0.1, 0.15) is 5.82 Å². The van der Waals surface area contributed by atoms with E-state index in [9.17, 15) is 12.8 Å². The first kappa shape index (κ1) is 16.9. The summed E-state index contributed by atoms with van der Waals surface area (Å²) in [5.74, 6) is -0.720. The summed E-state index contributed by atoms with van der Waals surface area (Å²) < 4.78 is 39.9. The maximum absolute atomic E-state index is 13.5. The number of nitrogens with two attached hydrogens (primary N) is 1. The molecule has 0 saturated carbocycles. The summed E-state index contributed by atoms with van der Waals surface area (Å²) in [6.45, 7) is 4.50. The lowest BCUT2D eigenvalue weighted by molar-refractivity contribution is 0.271. The van der Waals surface area contributed by atoms with E-state index in [0.717, 1.165) is 6.07 Å². The third kappa shape index (κ3) is 3.68. The van der Waals surface area contributed by atoms with Gasteiger partial charge in [0.25, 0.3) is 0 Å². The minimum absolute atomic E-state index is 0.0617. The van der Waals surface area contributed by atoms with E-state index in [-0.39, 0.29) is 16.6 Å².